The summed E-state index contributed by atoms with van der Waals surface area (Å²) in [4.78, 5) is 0. The first-order valence-electron chi connectivity index (χ1n) is 5.38. The SMILES string of the molecule is CCC1C(C)CCC(NC)[C@@H]1C. The van der Waals surface area contributed by atoms with Gasteiger partial charge in [0, 0.05) is 6.04 Å². The quantitative estimate of drug-likeness (QED) is 0.670. The van der Waals surface area contributed by atoms with Crippen molar-refractivity contribution in [3.63, 3.8) is 0 Å². The van der Waals surface area contributed by atoms with Crippen molar-refractivity contribution >= 4 is 0 Å². The summed E-state index contributed by atoms with van der Waals surface area (Å²) in [7, 11) is 2.10. The molecule has 0 bridgehead atoms. The highest BCUT2D eigenvalue weighted by molar-refractivity contribution is 4.85. The molecular weight excluding hydrogens is 146 g/mol. The van der Waals surface area contributed by atoms with Gasteiger partial charge in [0.2, 0.25) is 0 Å². The lowest BCUT2D eigenvalue weighted by Gasteiger charge is -2.39. The molecule has 1 rings (SSSR count). The number of hydrogen-bond acceptors (Lipinski definition) is 1. The Morgan fingerprint density at radius 1 is 1.25 bits per heavy atom. The molecule has 0 aromatic carbocycles. The van der Waals surface area contributed by atoms with Crippen molar-refractivity contribution < 1.29 is 0 Å². The van der Waals surface area contributed by atoms with E-state index in [9.17, 15) is 0 Å². The summed E-state index contributed by atoms with van der Waals surface area (Å²) in [6, 6.07) is 0.770. The summed E-state index contributed by atoms with van der Waals surface area (Å²) >= 11 is 0. The van der Waals surface area contributed by atoms with Gasteiger partial charge in [-0.3, -0.25) is 0 Å². The van der Waals surface area contributed by atoms with Crippen LogP contribution in [-0.4, -0.2) is 13.1 Å². The zero-order valence-electron chi connectivity index (χ0n) is 8.93. The van der Waals surface area contributed by atoms with Gasteiger partial charge < -0.3 is 5.32 Å². The van der Waals surface area contributed by atoms with E-state index in [0.717, 1.165) is 23.8 Å². The molecule has 72 valence electrons. The molecule has 0 aromatic heterocycles. The predicted octanol–water partition coefficient (Wildman–Crippen LogP) is 2.67. The molecule has 1 N–H and O–H groups in total. The highest BCUT2D eigenvalue weighted by Gasteiger charge is 2.32. The molecule has 1 fully saturated rings. The maximum Gasteiger partial charge on any atom is 0.00925 e. The molecule has 0 saturated heterocycles. The van der Waals surface area contributed by atoms with Gasteiger partial charge in [0.15, 0.2) is 0 Å². The van der Waals surface area contributed by atoms with Crippen LogP contribution in [0.15, 0.2) is 0 Å². The van der Waals surface area contributed by atoms with Gasteiger partial charge in [-0.1, -0.05) is 27.2 Å². The third kappa shape index (κ3) is 1.82. The smallest absolute Gasteiger partial charge is 0.00925 e. The van der Waals surface area contributed by atoms with E-state index in [1.807, 2.05) is 0 Å². The van der Waals surface area contributed by atoms with Crippen LogP contribution in [0.25, 0.3) is 0 Å². The molecule has 0 heterocycles. The molecule has 0 aliphatic heterocycles. The molecule has 0 amide bonds. The lowest BCUT2D eigenvalue weighted by Crippen LogP contribution is -2.42. The number of rotatable bonds is 2. The third-order valence-electron chi connectivity index (χ3n) is 3.82. The van der Waals surface area contributed by atoms with Crippen LogP contribution in [0.1, 0.15) is 40.0 Å². The fourth-order valence-electron chi connectivity index (χ4n) is 2.92. The van der Waals surface area contributed by atoms with Gasteiger partial charge >= 0.3 is 0 Å². The summed E-state index contributed by atoms with van der Waals surface area (Å²) in [6.07, 6.45) is 4.13. The average molecular weight is 169 g/mol. The molecule has 0 radical (unpaired) electrons. The van der Waals surface area contributed by atoms with Gasteiger partial charge in [0.05, 0.1) is 0 Å². The zero-order chi connectivity index (χ0) is 9.14. The van der Waals surface area contributed by atoms with Crippen LogP contribution in [0.5, 0.6) is 0 Å². The maximum absolute atomic E-state index is 3.44. The molecule has 1 nitrogen and oxygen atoms in total. The summed E-state index contributed by atoms with van der Waals surface area (Å²) in [5.41, 5.74) is 0. The van der Waals surface area contributed by atoms with E-state index in [1.54, 1.807) is 0 Å². The molecule has 3 unspecified atom stereocenters. The molecule has 0 aromatic rings. The highest BCUT2D eigenvalue weighted by Crippen LogP contribution is 2.36. The van der Waals surface area contributed by atoms with Crippen LogP contribution >= 0.6 is 0 Å². The standard InChI is InChI=1S/C11H23N/c1-5-10-8(2)6-7-11(12-4)9(10)3/h8-12H,5-7H2,1-4H3/t8?,9-,10?,11?/m1/s1. The van der Waals surface area contributed by atoms with Gasteiger partial charge in [0.25, 0.3) is 0 Å². The Morgan fingerprint density at radius 2 is 1.92 bits per heavy atom. The van der Waals surface area contributed by atoms with Crippen molar-refractivity contribution in [1.29, 1.82) is 0 Å². The second-order valence-electron chi connectivity index (χ2n) is 4.38. The van der Waals surface area contributed by atoms with Crippen molar-refractivity contribution in [1.82, 2.24) is 5.32 Å². The van der Waals surface area contributed by atoms with E-state index >= 15 is 0 Å². The van der Waals surface area contributed by atoms with E-state index in [2.05, 4.69) is 33.1 Å². The van der Waals surface area contributed by atoms with Crippen molar-refractivity contribution in [2.75, 3.05) is 7.05 Å². The van der Waals surface area contributed by atoms with E-state index in [0.29, 0.717) is 0 Å². The van der Waals surface area contributed by atoms with Crippen LogP contribution in [-0.2, 0) is 0 Å². The van der Waals surface area contributed by atoms with Crippen molar-refractivity contribution in [3.05, 3.63) is 0 Å². The minimum atomic E-state index is 0.770. The molecular formula is C11H23N. The fraction of sp³-hybridized carbons (Fsp3) is 1.00. The minimum absolute atomic E-state index is 0.770. The Bertz CT molecular complexity index is 133. The van der Waals surface area contributed by atoms with E-state index in [-0.39, 0.29) is 0 Å². The lowest BCUT2D eigenvalue weighted by atomic mass is 9.70. The highest BCUT2D eigenvalue weighted by atomic mass is 14.9. The van der Waals surface area contributed by atoms with Gasteiger partial charge in [-0.05, 0) is 37.6 Å². The minimum Gasteiger partial charge on any atom is -0.317 e. The summed E-state index contributed by atoms with van der Waals surface area (Å²) in [5.74, 6) is 2.74. The van der Waals surface area contributed by atoms with Crippen molar-refractivity contribution in [3.8, 4) is 0 Å². The Balaban J connectivity index is 2.56. The van der Waals surface area contributed by atoms with Gasteiger partial charge in [-0.2, -0.15) is 0 Å². The number of hydrogen-bond donors (Lipinski definition) is 1. The largest absolute Gasteiger partial charge is 0.317 e. The van der Waals surface area contributed by atoms with Crippen molar-refractivity contribution in [2.45, 2.75) is 46.1 Å². The second kappa shape index (κ2) is 4.27. The zero-order valence-corrected chi connectivity index (χ0v) is 8.93. The third-order valence-corrected chi connectivity index (χ3v) is 3.82. The average Bonchev–Trinajstić information content (AvgIpc) is 2.06. The Hall–Kier alpha value is -0.0400. The molecule has 12 heavy (non-hydrogen) atoms. The van der Waals surface area contributed by atoms with Crippen LogP contribution in [0.3, 0.4) is 0 Å². The fourth-order valence-corrected chi connectivity index (χ4v) is 2.92. The van der Waals surface area contributed by atoms with E-state index < -0.39 is 0 Å². The molecule has 1 aliphatic carbocycles. The van der Waals surface area contributed by atoms with Crippen LogP contribution in [0.4, 0.5) is 0 Å². The topological polar surface area (TPSA) is 12.0 Å². The molecule has 4 atom stereocenters. The summed E-state index contributed by atoms with van der Waals surface area (Å²) in [6.45, 7) is 7.15. The van der Waals surface area contributed by atoms with Gasteiger partial charge in [-0.15, -0.1) is 0 Å². The predicted molar refractivity (Wildman–Crippen MR) is 54.2 cm³/mol. The monoisotopic (exact) mass is 169 g/mol. The first kappa shape index (κ1) is 10.0. The van der Waals surface area contributed by atoms with Crippen LogP contribution in [0, 0.1) is 17.8 Å². The molecule has 1 aliphatic rings. The Kier molecular flexibility index (Phi) is 3.57. The first-order valence-corrected chi connectivity index (χ1v) is 5.38. The summed E-state index contributed by atoms with van der Waals surface area (Å²) < 4.78 is 0. The summed E-state index contributed by atoms with van der Waals surface area (Å²) in [5, 5.41) is 3.44. The first-order chi connectivity index (χ1) is 5.70. The molecule has 1 saturated carbocycles. The van der Waals surface area contributed by atoms with E-state index in [4.69, 9.17) is 0 Å². The molecule has 1 heteroatoms. The lowest BCUT2D eigenvalue weighted by molar-refractivity contribution is 0.134. The Morgan fingerprint density at radius 3 is 2.42 bits per heavy atom. The second-order valence-corrected chi connectivity index (χ2v) is 4.38. The maximum atomic E-state index is 3.44. The van der Waals surface area contributed by atoms with Gasteiger partial charge in [0.1, 0.15) is 0 Å². The normalized spacial score (nSPS) is 43.0. The van der Waals surface area contributed by atoms with Crippen molar-refractivity contribution in [2.24, 2.45) is 17.8 Å². The van der Waals surface area contributed by atoms with Gasteiger partial charge in [-0.25, -0.2) is 0 Å². The van der Waals surface area contributed by atoms with Crippen LogP contribution in [0.2, 0.25) is 0 Å². The van der Waals surface area contributed by atoms with E-state index in [1.165, 1.54) is 19.3 Å². The number of nitrogens with one attached hydrogen (secondary N) is 1. The molecule has 0 spiro atoms. The Labute approximate surface area is 76.9 Å². The van der Waals surface area contributed by atoms with Crippen LogP contribution < -0.4 is 5.32 Å².